The Bertz CT molecular complexity index is 783. The first kappa shape index (κ1) is 17.3. The number of hydrogen-bond acceptors (Lipinski definition) is 4. The third-order valence-electron chi connectivity index (χ3n) is 4.37. The number of anilines is 1. The summed E-state index contributed by atoms with van der Waals surface area (Å²) in [6, 6.07) is 6.19. The monoisotopic (exact) mass is 346 g/mol. The summed E-state index contributed by atoms with van der Waals surface area (Å²) >= 11 is 0. The van der Waals surface area contributed by atoms with E-state index >= 15 is 0 Å². The Morgan fingerprint density at radius 1 is 1.32 bits per heavy atom. The van der Waals surface area contributed by atoms with Crippen LogP contribution in [0.3, 0.4) is 0 Å². The van der Waals surface area contributed by atoms with E-state index in [-0.39, 0.29) is 18.3 Å². The third-order valence-corrected chi connectivity index (χ3v) is 4.37. The Balaban J connectivity index is 1.78. The predicted octanol–water partition coefficient (Wildman–Crippen LogP) is 2.64. The van der Waals surface area contributed by atoms with E-state index in [1.54, 1.807) is 25.1 Å². The first-order valence-corrected chi connectivity index (χ1v) is 8.18. The van der Waals surface area contributed by atoms with Crippen molar-refractivity contribution in [3.63, 3.8) is 0 Å². The van der Waals surface area contributed by atoms with E-state index in [1.807, 2.05) is 4.90 Å². The highest BCUT2D eigenvalue weighted by Gasteiger charge is 2.30. The molecule has 7 heteroatoms. The van der Waals surface area contributed by atoms with Crippen molar-refractivity contribution in [1.29, 1.82) is 0 Å². The largest absolute Gasteiger partial charge is 0.353 e. The topological polar surface area (TPSA) is 58.1 Å². The van der Waals surface area contributed by atoms with Crippen molar-refractivity contribution < 1.29 is 13.6 Å². The summed E-state index contributed by atoms with van der Waals surface area (Å²) in [5, 5.41) is 2.64. The van der Waals surface area contributed by atoms with Gasteiger partial charge in [0.2, 0.25) is 5.91 Å². The minimum atomic E-state index is -1.17. The van der Waals surface area contributed by atoms with Crippen LogP contribution in [0, 0.1) is 12.7 Å². The van der Waals surface area contributed by atoms with Crippen LogP contribution in [0.4, 0.5) is 14.6 Å². The lowest BCUT2D eigenvalue weighted by Crippen LogP contribution is -2.52. The molecule has 2 heterocycles. The van der Waals surface area contributed by atoms with Crippen molar-refractivity contribution in [2.24, 2.45) is 0 Å². The number of aryl methyl sites for hydroxylation is 1. The number of amides is 1. The number of aromatic nitrogens is 2. The number of piperidine rings is 1. The summed E-state index contributed by atoms with van der Waals surface area (Å²) in [6.07, 6.45) is 0.724. The van der Waals surface area contributed by atoms with E-state index in [0.717, 1.165) is 0 Å². The molecule has 1 saturated heterocycles. The van der Waals surface area contributed by atoms with Crippen LogP contribution in [0.15, 0.2) is 30.6 Å². The highest BCUT2D eigenvalue weighted by molar-refractivity contribution is 5.73. The van der Waals surface area contributed by atoms with Gasteiger partial charge in [-0.25, -0.2) is 18.7 Å². The van der Waals surface area contributed by atoms with Gasteiger partial charge in [0.15, 0.2) is 0 Å². The summed E-state index contributed by atoms with van der Waals surface area (Å²) in [7, 11) is 0. The lowest BCUT2D eigenvalue weighted by atomic mass is 10.0. The Kier molecular flexibility index (Phi) is 4.92. The molecule has 132 valence electrons. The van der Waals surface area contributed by atoms with E-state index in [0.29, 0.717) is 35.6 Å². The van der Waals surface area contributed by atoms with Crippen LogP contribution >= 0.6 is 0 Å². The van der Waals surface area contributed by atoms with Crippen molar-refractivity contribution in [3.8, 4) is 11.3 Å². The number of halogens is 2. The molecule has 2 aromatic rings. The normalized spacial score (nSPS) is 20.4. The molecule has 2 atom stereocenters. The molecular weight excluding hydrogens is 326 g/mol. The lowest BCUT2D eigenvalue weighted by molar-refractivity contribution is -0.120. The second-order valence-electron chi connectivity index (χ2n) is 6.28. The maximum absolute atomic E-state index is 14.3. The van der Waals surface area contributed by atoms with Gasteiger partial charge in [0.25, 0.3) is 0 Å². The van der Waals surface area contributed by atoms with E-state index < -0.39 is 12.2 Å². The van der Waals surface area contributed by atoms with Gasteiger partial charge in [0, 0.05) is 25.1 Å². The zero-order valence-electron chi connectivity index (χ0n) is 14.2. The zero-order chi connectivity index (χ0) is 18.0. The molecule has 3 rings (SSSR count). The molecule has 0 unspecified atom stereocenters. The van der Waals surface area contributed by atoms with Crippen LogP contribution in [0.2, 0.25) is 0 Å². The highest BCUT2D eigenvalue weighted by atomic mass is 19.1. The van der Waals surface area contributed by atoms with Gasteiger partial charge in [0.05, 0.1) is 18.3 Å². The summed E-state index contributed by atoms with van der Waals surface area (Å²) in [4.78, 5) is 21.3. The van der Waals surface area contributed by atoms with Crippen molar-refractivity contribution in [2.75, 3.05) is 18.0 Å². The van der Waals surface area contributed by atoms with Gasteiger partial charge >= 0.3 is 0 Å². The van der Waals surface area contributed by atoms with Gasteiger partial charge in [-0.15, -0.1) is 0 Å². The van der Waals surface area contributed by atoms with Crippen molar-refractivity contribution in [1.82, 2.24) is 15.3 Å². The Hall–Kier alpha value is -2.57. The molecule has 1 fully saturated rings. The summed E-state index contributed by atoms with van der Waals surface area (Å²) in [5.74, 6) is 0.0688. The van der Waals surface area contributed by atoms with Gasteiger partial charge in [-0.3, -0.25) is 4.79 Å². The Morgan fingerprint density at radius 2 is 2.12 bits per heavy atom. The maximum Gasteiger partial charge on any atom is 0.217 e. The zero-order valence-corrected chi connectivity index (χ0v) is 14.2. The number of carbonyl (C=O) groups excluding carboxylic acids is 1. The van der Waals surface area contributed by atoms with Gasteiger partial charge in [-0.05, 0) is 25.0 Å². The average Bonchev–Trinajstić information content (AvgIpc) is 2.59. The third kappa shape index (κ3) is 3.92. The molecule has 1 aromatic carbocycles. The van der Waals surface area contributed by atoms with Gasteiger partial charge in [-0.1, -0.05) is 12.1 Å². The standard InChI is InChI=1S/C18H20F2N4O/c1-11-3-4-13(7-14(11)19)17-8-18(22-10-21-17)24-6-5-16(15(20)9-24)23-12(2)25/h3-4,7-8,10,15-16H,5-6,9H2,1-2H3,(H,23,25)/t15-,16+/m0/s1. The van der Waals surface area contributed by atoms with E-state index in [4.69, 9.17) is 0 Å². The average molecular weight is 346 g/mol. The van der Waals surface area contributed by atoms with E-state index in [1.165, 1.54) is 19.3 Å². The molecule has 1 aromatic heterocycles. The molecule has 0 aliphatic carbocycles. The summed E-state index contributed by atoms with van der Waals surface area (Å²) < 4.78 is 28.1. The molecule has 0 saturated carbocycles. The molecule has 1 aliphatic heterocycles. The molecular formula is C18H20F2N4O. The molecule has 0 spiro atoms. The van der Waals surface area contributed by atoms with Crippen molar-refractivity contribution >= 4 is 11.7 Å². The summed E-state index contributed by atoms with van der Waals surface area (Å²) in [6.45, 7) is 3.80. The Labute approximate surface area is 145 Å². The van der Waals surface area contributed by atoms with Crippen LogP contribution in [0.1, 0.15) is 18.9 Å². The number of carbonyl (C=O) groups is 1. The molecule has 25 heavy (non-hydrogen) atoms. The number of nitrogens with zero attached hydrogens (tertiary/aromatic N) is 3. The number of rotatable bonds is 3. The fourth-order valence-electron chi connectivity index (χ4n) is 2.97. The van der Waals surface area contributed by atoms with Crippen molar-refractivity contribution in [3.05, 3.63) is 42.0 Å². The van der Waals surface area contributed by atoms with Crippen molar-refractivity contribution in [2.45, 2.75) is 32.5 Å². The van der Waals surface area contributed by atoms with Crippen LogP contribution in [-0.2, 0) is 4.79 Å². The molecule has 0 bridgehead atoms. The van der Waals surface area contributed by atoms with E-state index in [2.05, 4.69) is 15.3 Å². The van der Waals surface area contributed by atoms with Gasteiger partial charge in [0.1, 0.15) is 24.1 Å². The minimum Gasteiger partial charge on any atom is -0.353 e. The predicted molar refractivity (Wildman–Crippen MR) is 91.5 cm³/mol. The number of alkyl halides is 1. The first-order chi connectivity index (χ1) is 11.9. The van der Waals surface area contributed by atoms with E-state index in [9.17, 15) is 13.6 Å². The van der Waals surface area contributed by atoms with Crippen LogP contribution < -0.4 is 10.2 Å². The molecule has 0 radical (unpaired) electrons. The SMILES string of the molecule is CC(=O)N[C@@H]1CCN(c2cc(-c3ccc(C)c(F)c3)ncn2)C[C@@H]1F. The highest BCUT2D eigenvalue weighted by Crippen LogP contribution is 2.25. The molecule has 5 nitrogen and oxygen atoms in total. The molecule has 1 aliphatic rings. The van der Waals surface area contributed by atoms with Crippen LogP contribution in [0.25, 0.3) is 11.3 Å². The quantitative estimate of drug-likeness (QED) is 0.928. The first-order valence-electron chi connectivity index (χ1n) is 8.18. The summed E-state index contributed by atoms with van der Waals surface area (Å²) in [5.41, 5.74) is 1.80. The molecule has 1 amide bonds. The minimum absolute atomic E-state index is 0.143. The van der Waals surface area contributed by atoms with Crippen LogP contribution in [-0.4, -0.2) is 41.2 Å². The van der Waals surface area contributed by atoms with Gasteiger partial charge in [-0.2, -0.15) is 0 Å². The smallest absolute Gasteiger partial charge is 0.217 e. The number of hydrogen-bond donors (Lipinski definition) is 1. The van der Waals surface area contributed by atoms with Crippen LogP contribution in [0.5, 0.6) is 0 Å². The second kappa shape index (κ2) is 7.13. The molecule has 1 N–H and O–H groups in total. The second-order valence-corrected chi connectivity index (χ2v) is 6.28. The number of benzene rings is 1. The lowest BCUT2D eigenvalue weighted by Gasteiger charge is -2.35. The Morgan fingerprint density at radius 3 is 2.80 bits per heavy atom. The fourth-order valence-corrected chi connectivity index (χ4v) is 2.97. The number of nitrogens with one attached hydrogen (secondary N) is 1. The maximum atomic E-state index is 14.3. The van der Waals surface area contributed by atoms with Gasteiger partial charge < -0.3 is 10.2 Å². The fraction of sp³-hybridized carbons (Fsp3) is 0.389.